The molecule has 0 spiro atoms. The summed E-state index contributed by atoms with van der Waals surface area (Å²) in [7, 11) is 3.39. The van der Waals surface area contributed by atoms with Crippen LogP contribution >= 0.6 is 0 Å². The number of tetrazole rings is 1. The summed E-state index contributed by atoms with van der Waals surface area (Å²) < 4.78 is 13.3. The molecule has 0 N–H and O–H groups in total. The Kier molecular flexibility index (Phi) is 7.42. The van der Waals surface area contributed by atoms with Crippen molar-refractivity contribution in [3.63, 3.8) is 0 Å². The average Bonchev–Trinajstić information content (AvgIpc) is 3.41. The normalized spacial score (nSPS) is 15.0. The van der Waals surface area contributed by atoms with E-state index in [-0.39, 0.29) is 6.04 Å². The van der Waals surface area contributed by atoms with Crippen LogP contribution in [0.3, 0.4) is 0 Å². The lowest BCUT2D eigenvalue weighted by Crippen LogP contribution is -2.48. The molecular weight excluding hydrogens is 452 g/mol. The van der Waals surface area contributed by atoms with Crippen LogP contribution in [0.15, 0.2) is 78.9 Å². The molecule has 0 unspecified atom stereocenters. The number of benzene rings is 3. The smallest absolute Gasteiger partial charge is 0.173 e. The first-order chi connectivity index (χ1) is 17.8. The number of aromatic nitrogens is 4. The number of rotatable bonds is 9. The number of nitrogens with zero attached hydrogens (tertiary/aromatic N) is 6. The fourth-order valence-electron chi connectivity index (χ4n) is 4.88. The predicted molar refractivity (Wildman–Crippen MR) is 140 cm³/mol. The van der Waals surface area contributed by atoms with Gasteiger partial charge in [-0.25, -0.2) is 4.68 Å². The summed E-state index contributed by atoms with van der Waals surface area (Å²) in [4.78, 5) is 4.87. The molecule has 1 aromatic heterocycles. The lowest BCUT2D eigenvalue weighted by atomic mass is 10.0. The lowest BCUT2D eigenvalue weighted by Gasteiger charge is -2.40. The number of para-hydroxylation sites is 1. The number of anilines is 1. The summed E-state index contributed by atoms with van der Waals surface area (Å²) >= 11 is 0. The molecule has 2 heterocycles. The van der Waals surface area contributed by atoms with Crippen LogP contribution in [0.5, 0.6) is 11.5 Å². The first kappa shape index (κ1) is 23.8. The topological polar surface area (TPSA) is 68.5 Å². The van der Waals surface area contributed by atoms with Crippen LogP contribution in [0.4, 0.5) is 5.69 Å². The molecule has 3 aromatic carbocycles. The fraction of sp³-hybridized carbons (Fsp3) is 0.321. The van der Waals surface area contributed by atoms with E-state index < -0.39 is 0 Å². The highest BCUT2D eigenvalue weighted by atomic mass is 16.5. The van der Waals surface area contributed by atoms with E-state index in [2.05, 4.69) is 79.9 Å². The van der Waals surface area contributed by atoms with E-state index >= 15 is 0 Å². The molecule has 0 aliphatic carbocycles. The second-order valence-corrected chi connectivity index (χ2v) is 8.86. The Morgan fingerprint density at radius 2 is 1.56 bits per heavy atom. The van der Waals surface area contributed by atoms with Gasteiger partial charge < -0.3 is 14.4 Å². The number of hydrogen-bond acceptors (Lipinski definition) is 7. The molecule has 1 saturated heterocycles. The monoisotopic (exact) mass is 484 g/mol. The Morgan fingerprint density at radius 3 is 2.25 bits per heavy atom. The van der Waals surface area contributed by atoms with E-state index in [1.807, 2.05) is 28.9 Å². The first-order valence-electron chi connectivity index (χ1n) is 12.3. The summed E-state index contributed by atoms with van der Waals surface area (Å²) in [6.07, 6.45) is 0.850. The highest BCUT2D eigenvalue weighted by Gasteiger charge is 2.33. The van der Waals surface area contributed by atoms with Crippen molar-refractivity contribution in [3.8, 4) is 11.5 Å². The second kappa shape index (κ2) is 11.2. The Hall–Kier alpha value is -3.91. The molecule has 0 saturated carbocycles. The highest BCUT2D eigenvalue weighted by molar-refractivity contribution is 5.47. The molecule has 186 valence electrons. The maximum Gasteiger partial charge on any atom is 0.173 e. The number of aryl methyl sites for hydroxylation is 2. The minimum Gasteiger partial charge on any atom is -0.497 e. The predicted octanol–water partition coefficient (Wildman–Crippen LogP) is 3.84. The zero-order valence-electron chi connectivity index (χ0n) is 20.8. The largest absolute Gasteiger partial charge is 0.497 e. The maximum atomic E-state index is 5.80. The molecule has 1 aliphatic rings. The molecular formula is C28H32N6O2. The van der Waals surface area contributed by atoms with Crippen molar-refractivity contribution in [2.45, 2.75) is 19.0 Å². The molecule has 8 nitrogen and oxygen atoms in total. The van der Waals surface area contributed by atoms with Crippen molar-refractivity contribution in [2.75, 3.05) is 45.3 Å². The van der Waals surface area contributed by atoms with Crippen LogP contribution in [0.25, 0.3) is 0 Å². The van der Waals surface area contributed by atoms with Crippen LogP contribution < -0.4 is 14.4 Å². The lowest BCUT2D eigenvalue weighted by molar-refractivity contribution is 0.197. The number of ether oxygens (including phenoxy) is 2. The van der Waals surface area contributed by atoms with Gasteiger partial charge in [0.1, 0.15) is 17.5 Å². The average molecular weight is 485 g/mol. The van der Waals surface area contributed by atoms with Crippen LogP contribution in [0, 0.1) is 0 Å². The van der Waals surface area contributed by atoms with Gasteiger partial charge in [0.05, 0.1) is 14.2 Å². The van der Waals surface area contributed by atoms with Gasteiger partial charge in [-0.2, -0.15) is 0 Å². The molecule has 0 bridgehead atoms. The van der Waals surface area contributed by atoms with Crippen molar-refractivity contribution in [1.82, 2.24) is 25.1 Å². The van der Waals surface area contributed by atoms with E-state index in [1.54, 1.807) is 14.2 Å². The van der Waals surface area contributed by atoms with Gasteiger partial charge in [0, 0.05) is 44.0 Å². The molecule has 36 heavy (non-hydrogen) atoms. The van der Waals surface area contributed by atoms with Gasteiger partial charge in [0.15, 0.2) is 5.82 Å². The van der Waals surface area contributed by atoms with Gasteiger partial charge in [-0.05, 0) is 52.7 Å². The van der Waals surface area contributed by atoms with Gasteiger partial charge in [0.2, 0.25) is 0 Å². The zero-order chi connectivity index (χ0) is 24.7. The van der Waals surface area contributed by atoms with E-state index in [4.69, 9.17) is 9.47 Å². The van der Waals surface area contributed by atoms with Crippen molar-refractivity contribution in [1.29, 1.82) is 0 Å². The van der Waals surface area contributed by atoms with Gasteiger partial charge in [-0.3, -0.25) is 4.90 Å². The number of piperazine rings is 1. The minimum absolute atomic E-state index is 0.168. The first-order valence-corrected chi connectivity index (χ1v) is 12.3. The third kappa shape index (κ3) is 5.18. The second-order valence-electron chi connectivity index (χ2n) is 8.86. The third-order valence-electron chi connectivity index (χ3n) is 6.79. The minimum atomic E-state index is -0.168. The molecule has 5 rings (SSSR count). The van der Waals surface area contributed by atoms with E-state index in [9.17, 15) is 0 Å². The summed E-state index contributed by atoms with van der Waals surface area (Å²) in [5.41, 5.74) is 3.51. The van der Waals surface area contributed by atoms with Gasteiger partial charge in [0.25, 0.3) is 0 Å². The van der Waals surface area contributed by atoms with Gasteiger partial charge in [-0.15, -0.1) is 5.10 Å². The molecule has 8 heteroatoms. The molecule has 1 atom stereocenters. The molecule has 4 aromatic rings. The summed E-state index contributed by atoms with van der Waals surface area (Å²) in [6.45, 7) is 4.26. The Balaban J connectivity index is 1.46. The molecule has 1 aliphatic heterocycles. The highest BCUT2D eigenvalue weighted by Crippen LogP contribution is 2.37. The number of hydrogen-bond donors (Lipinski definition) is 0. The SMILES string of the molecule is COc1ccc(OC)c([C@H](c2nnnn2CCc2ccccc2)N2CCN(c3ccccc3)CC2)c1. The van der Waals surface area contributed by atoms with E-state index in [0.717, 1.165) is 55.5 Å². The summed E-state index contributed by atoms with van der Waals surface area (Å²) in [5.74, 6) is 2.39. The van der Waals surface area contributed by atoms with Crippen LogP contribution in [-0.2, 0) is 13.0 Å². The van der Waals surface area contributed by atoms with Crippen molar-refractivity contribution in [3.05, 3.63) is 95.8 Å². The van der Waals surface area contributed by atoms with Crippen LogP contribution in [0.1, 0.15) is 23.0 Å². The van der Waals surface area contributed by atoms with Crippen molar-refractivity contribution in [2.24, 2.45) is 0 Å². The molecule has 0 radical (unpaired) electrons. The Morgan fingerprint density at radius 1 is 0.833 bits per heavy atom. The van der Waals surface area contributed by atoms with Crippen LogP contribution in [-0.4, -0.2) is 65.5 Å². The Labute approximate surface area is 212 Å². The summed E-state index contributed by atoms with van der Waals surface area (Å²) in [5, 5.41) is 13.0. The van der Waals surface area contributed by atoms with E-state index in [1.165, 1.54) is 11.3 Å². The third-order valence-corrected chi connectivity index (χ3v) is 6.79. The standard InChI is InChI=1S/C28H32N6O2/c1-35-24-13-14-26(36-2)25(21-24)27(33-19-17-32(18-20-33)23-11-7-4-8-12-23)28-29-30-31-34(28)16-15-22-9-5-3-6-10-22/h3-14,21,27H,15-20H2,1-2H3/t27-/m1/s1. The number of methoxy groups -OCH3 is 2. The summed E-state index contributed by atoms with van der Waals surface area (Å²) in [6, 6.07) is 26.8. The zero-order valence-corrected chi connectivity index (χ0v) is 20.8. The van der Waals surface area contributed by atoms with E-state index in [0.29, 0.717) is 6.54 Å². The van der Waals surface area contributed by atoms with Gasteiger partial charge in [-0.1, -0.05) is 48.5 Å². The quantitative estimate of drug-likeness (QED) is 0.358. The van der Waals surface area contributed by atoms with Gasteiger partial charge >= 0.3 is 0 Å². The molecule has 0 amide bonds. The fourth-order valence-corrected chi connectivity index (χ4v) is 4.88. The van der Waals surface area contributed by atoms with Crippen molar-refractivity contribution >= 4 is 5.69 Å². The van der Waals surface area contributed by atoms with Crippen LogP contribution in [0.2, 0.25) is 0 Å². The van der Waals surface area contributed by atoms with Crippen molar-refractivity contribution < 1.29 is 9.47 Å². The maximum absolute atomic E-state index is 5.80. The molecule has 1 fully saturated rings. The Bertz CT molecular complexity index is 1240.